The van der Waals surface area contributed by atoms with Gasteiger partial charge < -0.3 is 10.6 Å². The quantitative estimate of drug-likeness (QED) is 0.726. The van der Waals surface area contributed by atoms with E-state index in [9.17, 15) is 4.79 Å². The highest BCUT2D eigenvalue weighted by Gasteiger charge is 2.24. The summed E-state index contributed by atoms with van der Waals surface area (Å²) >= 11 is 1.58. The summed E-state index contributed by atoms with van der Waals surface area (Å²) in [7, 11) is 0. The Hall–Kier alpha value is -2.28. The normalized spacial score (nSPS) is 16.2. The fourth-order valence-corrected chi connectivity index (χ4v) is 3.89. The molecule has 1 fully saturated rings. The highest BCUT2D eigenvalue weighted by molar-refractivity contribution is 7.14. The zero-order chi connectivity index (χ0) is 18.1. The minimum atomic E-state index is 0. The number of aryl methyl sites for hydroxylation is 1. The van der Waals surface area contributed by atoms with Crippen LogP contribution in [-0.2, 0) is 0 Å². The minimum absolute atomic E-state index is 0. The van der Waals surface area contributed by atoms with E-state index in [0.29, 0.717) is 12.1 Å². The lowest BCUT2D eigenvalue weighted by Gasteiger charge is -2.16. The first-order valence-electron chi connectivity index (χ1n) is 8.66. The molecule has 140 valence electrons. The summed E-state index contributed by atoms with van der Waals surface area (Å²) in [6.07, 6.45) is 0.877. The topological polar surface area (TPSA) is 72.1 Å². The SMILES string of the molecule is Cc1nnc(-c2cccc(-c3ccc(C(=O)N4CCC(N)C4)cc3)c2)s1.Cl. The summed E-state index contributed by atoms with van der Waals surface area (Å²) in [5.41, 5.74) is 9.83. The van der Waals surface area contributed by atoms with Crippen molar-refractivity contribution in [3.63, 3.8) is 0 Å². The maximum Gasteiger partial charge on any atom is 0.253 e. The fourth-order valence-electron chi connectivity index (χ4n) is 3.20. The molecular formula is C20H21ClN4OS. The number of nitrogens with two attached hydrogens (primary N) is 1. The Morgan fingerprint density at radius 3 is 2.48 bits per heavy atom. The molecule has 1 atom stereocenters. The molecule has 0 saturated carbocycles. The molecule has 27 heavy (non-hydrogen) atoms. The molecule has 7 heteroatoms. The standard InChI is InChI=1S/C20H20N4OS.ClH/c1-13-22-23-19(26-13)17-4-2-3-16(11-17)14-5-7-15(8-6-14)20(25)24-10-9-18(21)12-24;/h2-8,11,18H,9-10,12,21H2,1H3;1H. The minimum Gasteiger partial charge on any atom is -0.337 e. The number of halogens is 1. The Morgan fingerprint density at radius 2 is 1.85 bits per heavy atom. The largest absolute Gasteiger partial charge is 0.337 e. The molecule has 2 heterocycles. The number of amides is 1. The Balaban J connectivity index is 0.00000210. The molecule has 0 aliphatic carbocycles. The van der Waals surface area contributed by atoms with E-state index >= 15 is 0 Å². The van der Waals surface area contributed by atoms with Crippen molar-refractivity contribution in [3.8, 4) is 21.7 Å². The number of hydrogen-bond acceptors (Lipinski definition) is 5. The second-order valence-corrected chi connectivity index (χ2v) is 7.77. The number of carbonyl (C=O) groups is 1. The van der Waals surface area contributed by atoms with E-state index < -0.39 is 0 Å². The fraction of sp³-hybridized carbons (Fsp3) is 0.250. The predicted octanol–water partition coefficient (Wildman–Crippen LogP) is 3.78. The van der Waals surface area contributed by atoms with Crippen molar-refractivity contribution < 1.29 is 4.79 Å². The lowest BCUT2D eigenvalue weighted by atomic mass is 10.0. The zero-order valence-electron chi connectivity index (χ0n) is 15.0. The third-order valence-corrected chi connectivity index (χ3v) is 5.50. The zero-order valence-corrected chi connectivity index (χ0v) is 16.6. The summed E-state index contributed by atoms with van der Waals surface area (Å²) < 4.78 is 0. The van der Waals surface area contributed by atoms with E-state index in [0.717, 1.165) is 39.7 Å². The Labute approximate surface area is 168 Å². The number of nitrogens with zero attached hydrogens (tertiary/aromatic N) is 3. The maximum absolute atomic E-state index is 12.5. The van der Waals surface area contributed by atoms with Gasteiger partial charge in [0.25, 0.3) is 5.91 Å². The lowest BCUT2D eigenvalue weighted by Crippen LogP contribution is -2.31. The number of benzene rings is 2. The van der Waals surface area contributed by atoms with Gasteiger partial charge >= 0.3 is 0 Å². The molecule has 4 rings (SSSR count). The molecule has 0 spiro atoms. The Bertz CT molecular complexity index is 941. The summed E-state index contributed by atoms with van der Waals surface area (Å²) in [4.78, 5) is 14.4. The lowest BCUT2D eigenvalue weighted by molar-refractivity contribution is 0.0791. The Morgan fingerprint density at radius 1 is 1.11 bits per heavy atom. The van der Waals surface area contributed by atoms with Crippen LogP contribution in [0, 0.1) is 6.92 Å². The van der Waals surface area contributed by atoms with Gasteiger partial charge in [0.1, 0.15) is 10.0 Å². The van der Waals surface area contributed by atoms with Crippen LogP contribution in [0.2, 0.25) is 0 Å². The molecule has 1 aliphatic rings. The first-order chi connectivity index (χ1) is 12.6. The number of aromatic nitrogens is 2. The summed E-state index contributed by atoms with van der Waals surface area (Å²) in [6, 6.07) is 16.1. The number of rotatable bonds is 3. The molecule has 5 nitrogen and oxygen atoms in total. The molecule has 1 aromatic heterocycles. The van der Waals surface area contributed by atoms with E-state index in [1.54, 1.807) is 11.3 Å². The van der Waals surface area contributed by atoms with Gasteiger partial charge in [-0.25, -0.2) is 0 Å². The molecule has 0 bridgehead atoms. The van der Waals surface area contributed by atoms with Crippen LogP contribution in [0.1, 0.15) is 21.8 Å². The first-order valence-corrected chi connectivity index (χ1v) is 9.47. The summed E-state index contributed by atoms with van der Waals surface area (Å²) in [6.45, 7) is 3.34. The van der Waals surface area contributed by atoms with E-state index in [1.807, 2.05) is 48.2 Å². The number of hydrogen-bond donors (Lipinski definition) is 1. The van der Waals surface area contributed by atoms with Crippen LogP contribution in [0.3, 0.4) is 0 Å². The van der Waals surface area contributed by atoms with Crippen LogP contribution in [0.25, 0.3) is 21.7 Å². The van der Waals surface area contributed by atoms with Gasteiger partial charge in [-0.3, -0.25) is 4.79 Å². The van der Waals surface area contributed by atoms with Gasteiger partial charge in [0.2, 0.25) is 0 Å². The molecule has 1 unspecified atom stereocenters. The van der Waals surface area contributed by atoms with Gasteiger partial charge in [-0.15, -0.1) is 22.6 Å². The molecule has 2 aromatic carbocycles. The van der Waals surface area contributed by atoms with Crippen molar-refractivity contribution in [2.45, 2.75) is 19.4 Å². The number of likely N-dealkylation sites (tertiary alicyclic amines) is 1. The van der Waals surface area contributed by atoms with Gasteiger partial charge in [-0.2, -0.15) is 0 Å². The maximum atomic E-state index is 12.5. The van der Waals surface area contributed by atoms with Gasteiger partial charge in [-0.1, -0.05) is 41.7 Å². The summed E-state index contributed by atoms with van der Waals surface area (Å²) in [5, 5.41) is 10.2. The van der Waals surface area contributed by atoms with Crippen molar-refractivity contribution in [1.82, 2.24) is 15.1 Å². The van der Waals surface area contributed by atoms with Crippen molar-refractivity contribution in [3.05, 3.63) is 59.1 Å². The van der Waals surface area contributed by atoms with Gasteiger partial charge in [-0.05, 0) is 42.7 Å². The molecule has 1 amide bonds. The van der Waals surface area contributed by atoms with Gasteiger partial charge in [0.15, 0.2) is 0 Å². The molecule has 2 N–H and O–H groups in total. The van der Waals surface area contributed by atoms with Crippen molar-refractivity contribution in [1.29, 1.82) is 0 Å². The van der Waals surface area contributed by atoms with E-state index in [1.165, 1.54) is 0 Å². The smallest absolute Gasteiger partial charge is 0.253 e. The highest BCUT2D eigenvalue weighted by Crippen LogP contribution is 2.28. The van der Waals surface area contributed by atoms with E-state index in [4.69, 9.17) is 5.73 Å². The van der Waals surface area contributed by atoms with Crippen LogP contribution in [0.15, 0.2) is 48.5 Å². The first kappa shape index (κ1) is 19.5. The highest BCUT2D eigenvalue weighted by atomic mass is 35.5. The van der Waals surface area contributed by atoms with Crippen LogP contribution < -0.4 is 5.73 Å². The average molecular weight is 401 g/mol. The van der Waals surface area contributed by atoms with Crippen LogP contribution >= 0.6 is 23.7 Å². The number of carbonyl (C=O) groups excluding carboxylic acids is 1. The second-order valence-electron chi connectivity index (χ2n) is 6.58. The average Bonchev–Trinajstić information content (AvgIpc) is 3.30. The van der Waals surface area contributed by atoms with E-state index in [-0.39, 0.29) is 24.4 Å². The molecule has 0 radical (unpaired) electrons. The van der Waals surface area contributed by atoms with Crippen LogP contribution in [0.4, 0.5) is 0 Å². The molecule has 3 aromatic rings. The van der Waals surface area contributed by atoms with Crippen molar-refractivity contribution in [2.24, 2.45) is 5.73 Å². The Kier molecular flexibility index (Phi) is 5.89. The van der Waals surface area contributed by atoms with Crippen LogP contribution in [-0.4, -0.2) is 40.1 Å². The monoisotopic (exact) mass is 400 g/mol. The predicted molar refractivity (Wildman–Crippen MR) is 111 cm³/mol. The van der Waals surface area contributed by atoms with Gasteiger partial charge in [0.05, 0.1) is 0 Å². The van der Waals surface area contributed by atoms with E-state index in [2.05, 4.69) is 22.3 Å². The summed E-state index contributed by atoms with van der Waals surface area (Å²) in [5.74, 6) is 0.0579. The van der Waals surface area contributed by atoms with Crippen LogP contribution in [0.5, 0.6) is 0 Å². The van der Waals surface area contributed by atoms with Gasteiger partial charge in [0, 0.05) is 30.3 Å². The third-order valence-electron chi connectivity index (χ3n) is 4.61. The van der Waals surface area contributed by atoms with Crippen molar-refractivity contribution in [2.75, 3.05) is 13.1 Å². The molecular weight excluding hydrogens is 380 g/mol. The van der Waals surface area contributed by atoms with Crippen molar-refractivity contribution >= 4 is 29.7 Å². The third kappa shape index (κ3) is 4.18. The molecule has 1 aliphatic heterocycles. The second kappa shape index (κ2) is 8.17. The molecule has 1 saturated heterocycles.